The second-order valence-electron chi connectivity index (χ2n) is 6.71. The van der Waals surface area contributed by atoms with Crippen molar-refractivity contribution in [2.45, 2.75) is 6.32 Å². The Labute approximate surface area is 187 Å². The van der Waals surface area contributed by atoms with E-state index in [2.05, 4.69) is 63.9 Å². The lowest BCUT2D eigenvalue weighted by Gasteiger charge is -2.13. The molecule has 0 unspecified atom stereocenters. The summed E-state index contributed by atoms with van der Waals surface area (Å²) in [4.78, 5) is 3.97. The van der Waals surface area contributed by atoms with E-state index in [-0.39, 0.29) is 0 Å². The highest BCUT2D eigenvalue weighted by molar-refractivity contribution is 9.10. The predicted molar refractivity (Wildman–Crippen MR) is 131 cm³/mol. The molecule has 0 saturated heterocycles. The number of nitrogens with zero attached hydrogens (tertiary/aromatic N) is 2. The van der Waals surface area contributed by atoms with E-state index in [9.17, 15) is 0 Å². The van der Waals surface area contributed by atoms with Crippen molar-refractivity contribution >= 4 is 33.6 Å². The maximum Gasteiger partial charge on any atom is 0.213 e. The van der Waals surface area contributed by atoms with Crippen LogP contribution in [-0.2, 0) is 0 Å². The van der Waals surface area contributed by atoms with Crippen molar-refractivity contribution in [2.75, 3.05) is 7.11 Å². The molecule has 150 valence electrons. The molecule has 0 radical (unpaired) electrons. The summed E-state index contributed by atoms with van der Waals surface area (Å²) in [5.74, 6) is 0.893. The molecular formula is C25H24BBrN2O. The first-order valence-electron chi connectivity index (χ1n) is 9.75. The molecule has 1 aromatic heterocycles. The average molecular weight is 459 g/mol. The minimum atomic E-state index is 0.370. The van der Waals surface area contributed by atoms with Crippen LogP contribution in [0, 0.1) is 0 Å². The number of aromatic nitrogens is 2. The lowest BCUT2D eigenvalue weighted by molar-refractivity contribution is 0.415. The van der Waals surface area contributed by atoms with Crippen molar-refractivity contribution in [2.24, 2.45) is 0 Å². The normalized spacial score (nSPS) is 9.93. The van der Waals surface area contributed by atoms with Crippen LogP contribution < -0.4 is 15.7 Å². The second kappa shape index (κ2) is 11.2. The summed E-state index contributed by atoms with van der Waals surface area (Å²) in [7, 11) is 1.69. The standard InChI is InChI=1S/C16H17BO.C9H7BrN2/c1-3-13-17(14-7-5-4-6-8-14)15-9-11-16(18-2)12-10-15;10-8-1-3-9(4-2-8)12-6-5-11-7-12/h3-12H,1,13H2,2H3;1-7H. The van der Waals surface area contributed by atoms with Gasteiger partial charge in [0.25, 0.3) is 0 Å². The molecule has 0 saturated carbocycles. The lowest BCUT2D eigenvalue weighted by atomic mass is 9.39. The number of rotatable bonds is 6. The first-order chi connectivity index (χ1) is 14.7. The van der Waals surface area contributed by atoms with E-state index < -0.39 is 0 Å². The third kappa shape index (κ3) is 5.98. The van der Waals surface area contributed by atoms with Crippen LogP contribution in [0.5, 0.6) is 5.75 Å². The first kappa shape index (κ1) is 21.7. The molecule has 3 nitrogen and oxygen atoms in total. The number of allylic oxidation sites excluding steroid dienone is 1. The van der Waals surface area contributed by atoms with Crippen LogP contribution in [0.1, 0.15) is 0 Å². The Balaban J connectivity index is 0.000000184. The van der Waals surface area contributed by atoms with Gasteiger partial charge in [0.05, 0.1) is 13.4 Å². The molecule has 30 heavy (non-hydrogen) atoms. The molecule has 0 N–H and O–H groups in total. The van der Waals surface area contributed by atoms with E-state index in [4.69, 9.17) is 4.74 Å². The van der Waals surface area contributed by atoms with E-state index >= 15 is 0 Å². The quantitative estimate of drug-likeness (QED) is 0.296. The monoisotopic (exact) mass is 458 g/mol. The second-order valence-corrected chi connectivity index (χ2v) is 7.62. The Bertz CT molecular complexity index is 1020. The van der Waals surface area contributed by atoms with Crippen molar-refractivity contribution in [1.82, 2.24) is 9.55 Å². The SMILES string of the molecule is Brc1ccc(-n2ccnc2)cc1.C=CCB(c1ccccc1)c1ccc(OC)cc1. The maximum atomic E-state index is 5.19. The van der Waals surface area contributed by atoms with Gasteiger partial charge in [-0.2, -0.15) is 0 Å². The zero-order valence-electron chi connectivity index (χ0n) is 17.0. The molecule has 0 aliphatic rings. The molecular weight excluding hydrogens is 435 g/mol. The first-order valence-corrected chi connectivity index (χ1v) is 10.5. The third-order valence-corrected chi connectivity index (χ3v) is 5.28. The maximum absolute atomic E-state index is 5.19. The van der Waals surface area contributed by atoms with Gasteiger partial charge >= 0.3 is 0 Å². The van der Waals surface area contributed by atoms with Crippen LogP contribution in [0.4, 0.5) is 0 Å². The summed E-state index contributed by atoms with van der Waals surface area (Å²) in [5, 5.41) is 0. The number of halogens is 1. The van der Waals surface area contributed by atoms with Crippen molar-refractivity contribution in [1.29, 1.82) is 0 Å². The molecule has 0 aliphatic heterocycles. The summed E-state index contributed by atoms with van der Waals surface area (Å²) in [5.41, 5.74) is 3.74. The molecule has 0 fully saturated rings. The fourth-order valence-corrected chi connectivity index (χ4v) is 3.44. The number of benzene rings is 3. The Morgan fingerprint density at radius 3 is 2.20 bits per heavy atom. The predicted octanol–water partition coefficient (Wildman–Crippen LogP) is 5.13. The zero-order chi connectivity index (χ0) is 21.2. The van der Waals surface area contributed by atoms with Crippen LogP contribution >= 0.6 is 15.9 Å². The number of ether oxygens (including phenoxy) is 1. The van der Waals surface area contributed by atoms with Crippen molar-refractivity contribution in [3.05, 3.63) is 115 Å². The minimum Gasteiger partial charge on any atom is -0.497 e. The summed E-state index contributed by atoms with van der Waals surface area (Å²) in [6.07, 6.45) is 8.38. The van der Waals surface area contributed by atoms with Gasteiger partial charge in [0.1, 0.15) is 5.75 Å². The number of hydrogen-bond acceptors (Lipinski definition) is 2. The molecule has 4 rings (SSSR count). The fourth-order valence-electron chi connectivity index (χ4n) is 3.18. The van der Waals surface area contributed by atoms with Gasteiger partial charge in [-0.3, -0.25) is 0 Å². The van der Waals surface area contributed by atoms with Gasteiger partial charge in [-0.1, -0.05) is 75.4 Å². The number of hydrogen-bond donors (Lipinski definition) is 0. The molecule has 4 aromatic rings. The number of imidazole rings is 1. The highest BCUT2D eigenvalue weighted by atomic mass is 79.9. The van der Waals surface area contributed by atoms with E-state index in [0.717, 1.165) is 22.2 Å². The molecule has 5 heteroatoms. The molecule has 0 atom stereocenters. The Morgan fingerprint density at radius 1 is 0.967 bits per heavy atom. The van der Waals surface area contributed by atoms with Crippen LogP contribution in [0.25, 0.3) is 5.69 Å². The largest absolute Gasteiger partial charge is 0.497 e. The van der Waals surface area contributed by atoms with Gasteiger partial charge in [0.15, 0.2) is 0 Å². The van der Waals surface area contributed by atoms with Crippen LogP contribution in [0.15, 0.2) is 115 Å². The van der Waals surface area contributed by atoms with Crippen molar-refractivity contribution in [3.8, 4) is 11.4 Å². The van der Waals surface area contributed by atoms with Crippen molar-refractivity contribution in [3.63, 3.8) is 0 Å². The zero-order valence-corrected chi connectivity index (χ0v) is 18.6. The van der Waals surface area contributed by atoms with Crippen LogP contribution in [0.3, 0.4) is 0 Å². The molecule has 1 heterocycles. The Morgan fingerprint density at radius 2 is 1.63 bits per heavy atom. The van der Waals surface area contributed by atoms with E-state index in [1.807, 2.05) is 59.3 Å². The third-order valence-electron chi connectivity index (χ3n) is 4.75. The van der Waals surface area contributed by atoms with E-state index in [1.165, 1.54) is 10.9 Å². The topological polar surface area (TPSA) is 27.1 Å². The van der Waals surface area contributed by atoms with Gasteiger partial charge in [-0.05, 0) is 42.7 Å². The smallest absolute Gasteiger partial charge is 0.213 e. The van der Waals surface area contributed by atoms with Crippen LogP contribution in [0.2, 0.25) is 6.32 Å². The van der Waals surface area contributed by atoms with Gasteiger partial charge in [0.2, 0.25) is 6.71 Å². The van der Waals surface area contributed by atoms with Gasteiger partial charge < -0.3 is 9.30 Å². The highest BCUT2D eigenvalue weighted by Crippen LogP contribution is 2.13. The molecule has 0 bridgehead atoms. The molecule has 0 spiro atoms. The molecule has 0 aliphatic carbocycles. The average Bonchev–Trinajstić information content (AvgIpc) is 3.34. The number of methoxy groups -OCH3 is 1. The molecule has 3 aromatic carbocycles. The lowest BCUT2D eigenvalue weighted by Crippen LogP contribution is -2.41. The highest BCUT2D eigenvalue weighted by Gasteiger charge is 2.16. The van der Waals surface area contributed by atoms with Gasteiger partial charge in [0, 0.05) is 22.6 Å². The van der Waals surface area contributed by atoms with E-state index in [0.29, 0.717) is 6.71 Å². The van der Waals surface area contributed by atoms with Gasteiger partial charge in [-0.25, -0.2) is 4.98 Å². The molecule has 0 amide bonds. The Kier molecular flexibility index (Phi) is 8.10. The van der Waals surface area contributed by atoms with Crippen LogP contribution in [-0.4, -0.2) is 23.4 Å². The summed E-state index contributed by atoms with van der Waals surface area (Å²) in [6.45, 7) is 4.23. The van der Waals surface area contributed by atoms with Crippen molar-refractivity contribution < 1.29 is 4.74 Å². The van der Waals surface area contributed by atoms with Gasteiger partial charge in [-0.15, -0.1) is 6.58 Å². The summed E-state index contributed by atoms with van der Waals surface area (Å²) in [6, 6.07) is 26.9. The minimum absolute atomic E-state index is 0.370. The Hall–Kier alpha value is -3.05. The summed E-state index contributed by atoms with van der Waals surface area (Å²) < 4.78 is 8.25. The summed E-state index contributed by atoms with van der Waals surface area (Å²) >= 11 is 3.38. The van der Waals surface area contributed by atoms with E-state index in [1.54, 1.807) is 19.6 Å². The fraction of sp³-hybridized carbons (Fsp3) is 0.0800.